The van der Waals surface area contributed by atoms with Crippen molar-refractivity contribution in [3.63, 3.8) is 0 Å². The first kappa shape index (κ1) is 13.1. The zero-order valence-electron chi connectivity index (χ0n) is 12.5. The number of rotatable bonds is 3. The zero-order chi connectivity index (χ0) is 13.7. The van der Waals surface area contributed by atoms with E-state index in [1.54, 1.807) is 0 Å². The van der Waals surface area contributed by atoms with Gasteiger partial charge in [0.05, 0.1) is 5.92 Å². The molecule has 4 nitrogen and oxygen atoms in total. The standard InChI is InChI=1S/C16H27N3O/c1-19-12-3-4-13(19)7-10(6-12)9-17-16(20)14-8-11-2-5-15(14)18-11/h10-15,18H,2-9H2,1H3,(H,17,20). The first-order chi connectivity index (χ1) is 9.70. The Labute approximate surface area is 121 Å². The number of nitrogens with zero attached hydrogens (tertiary/aromatic N) is 1. The lowest BCUT2D eigenvalue weighted by atomic mass is 9.87. The number of amides is 1. The lowest BCUT2D eigenvalue weighted by molar-refractivity contribution is -0.125. The maximum absolute atomic E-state index is 12.4. The molecule has 0 aliphatic carbocycles. The number of carbonyl (C=O) groups is 1. The van der Waals surface area contributed by atoms with E-state index in [0.717, 1.165) is 25.0 Å². The summed E-state index contributed by atoms with van der Waals surface area (Å²) in [6.07, 6.45) is 8.82. The van der Waals surface area contributed by atoms with Crippen molar-refractivity contribution < 1.29 is 4.79 Å². The molecule has 5 atom stereocenters. The van der Waals surface area contributed by atoms with Gasteiger partial charge in [0.1, 0.15) is 0 Å². The molecule has 0 saturated carbocycles. The van der Waals surface area contributed by atoms with E-state index in [0.29, 0.717) is 23.9 Å². The molecule has 4 heterocycles. The average molecular weight is 277 g/mol. The minimum atomic E-state index is 0.247. The fourth-order valence-electron chi connectivity index (χ4n) is 5.18. The van der Waals surface area contributed by atoms with Crippen molar-refractivity contribution in [2.24, 2.45) is 11.8 Å². The molecule has 0 spiro atoms. The van der Waals surface area contributed by atoms with Gasteiger partial charge in [0, 0.05) is 30.7 Å². The van der Waals surface area contributed by atoms with Crippen molar-refractivity contribution in [1.82, 2.24) is 15.5 Å². The second-order valence-electron chi connectivity index (χ2n) is 7.52. The van der Waals surface area contributed by atoms with E-state index in [9.17, 15) is 4.79 Å². The first-order valence-electron chi connectivity index (χ1n) is 8.46. The number of fused-ring (bicyclic) bond motifs is 4. The minimum absolute atomic E-state index is 0.247. The SMILES string of the molecule is CN1C2CCC1CC(CNC(=O)C1CC3CCC1N3)C2. The zero-order valence-corrected chi connectivity index (χ0v) is 12.5. The Hall–Kier alpha value is -0.610. The fourth-order valence-corrected chi connectivity index (χ4v) is 5.18. The smallest absolute Gasteiger partial charge is 0.224 e. The molecule has 112 valence electrons. The number of piperidine rings is 1. The van der Waals surface area contributed by atoms with Gasteiger partial charge in [-0.25, -0.2) is 0 Å². The van der Waals surface area contributed by atoms with Crippen LogP contribution in [-0.2, 0) is 4.79 Å². The molecule has 4 aliphatic rings. The Bertz CT molecular complexity index is 385. The fraction of sp³-hybridized carbons (Fsp3) is 0.938. The minimum Gasteiger partial charge on any atom is -0.356 e. The van der Waals surface area contributed by atoms with Crippen molar-refractivity contribution >= 4 is 5.91 Å². The molecule has 20 heavy (non-hydrogen) atoms. The third-order valence-electron chi connectivity index (χ3n) is 6.40. The van der Waals surface area contributed by atoms with Gasteiger partial charge in [-0.3, -0.25) is 4.79 Å². The van der Waals surface area contributed by atoms with E-state index in [2.05, 4.69) is 22.6 Å². The summed E-state index contributed by atoms with van der Waals surface area (Å²) >= 11 is 0. The predicted molar refractivity (Wildman–Crippen MR) is 78.4 cm³/mol. The number of carbonyl (C=O) groups excluding carboxylic acids is 1. The van der Waals surface area contributed by atoms with Gasteiger partial charge in [-0.05, 0) is 57.9 Å². The van der Waals surface area contributed by atoms with Crippen molar-refractivity contribution in [2.75, 3.05) is 13.6 Å². The van der Waals surface area contributed by atoms with Crippen LogP contribution >= 0.6 is 0 Å². The van der Waals surface area contributed by atoms with Gasteiger partial charge in [-0.2, -0.15) is 0 Å². The summed E-state index contributed by atoms with van der Waals surface area (Å²) in [5.41, 5.74) is 0. The van der Waals surface area contributed by atoms with Crippen LogP contribution in [0.1, 0.15) is 44.9 Å². The normalized spacial score (nSPS) is 46.9. The molecule has 4 bridgehead atoms. The van der Waals surface area contributed by atoms with Crippen LogP contribution in [0.3, 0.4) is 0 Å². The first-order valence-corrected chi connectivity index (χ1v) is 8.46. The van der Waals surface area contributed by atoms with Crippen molar-refractivity contribution in [2.45, 2.75) is 69.1 Å². The topological polar surface area (TPSA) is 44.4 Å². The molecule has 4 aliphatic heterocycles. The van der Waals surface area contributed by atoms with Crippen molar-refractivity contribution in [3.05, 3.63) is 0 Å². The monoisotopic (exact) mass is 277 g/mol. The van der Waals surface area contributed by atoms with E-state index in [4.69, 9.17) is 0 Å². The van der Waals surface area contributed by atoms with E-state index in [-0.39, 0.29) is 5.92 Å². The van der Waals surface area contributed by atoms with Gasteiger partial charge in [0.15, 0.2) is 0 Å². The summed E-state index contributed by atoms with van der Waals surface area (Å²) in [7, 11) is 2.28. The summed E-state index contributed by atoms with van der Waals surface area (Å²) in [5, 5.41) is 6.82. The maximum atomic E-state index is 12.4. The van der Waals surface area contributed by atoms with Crippen LogP contribution in [-0.4, -0.2) is 48.6 Å². The van der Waals surface area contributed by atoms with Crippen LogP contribution in [0.4, 0.5) is 0 Å². The molecule has 4 saturated heterocycles. The molecule has 2 N–H and O–H groups in total. The highest BCUT2D eigenvalue weighted by Gasteiger charge is 2.43. The van der Waals surface area contributed by atoms with E-state index < -0.39 is 0 Å². The number of nitrogens with one attached hydrogen (secondary N) is 2. The molecular formula is C16H27N3O. The largest absolute Gasteiger partial charge is 0.356 e. The highest BCUT2D eigenvalue weighted by atomic mass is 16.1. The molecule has 5 unspecified atom stereocenters. The summed E-state index contributed by atoms with van der Waals surface area (Å²) in [6, 6.07) is 2.64. The molecule has 0 aromatic carbocycles. The van der Waals surface area contributed by atoms with Crippen LogP contribution in [0.5, 0.6) is 0 Å². The Morgan fingerprint density at radius 2 is 1.90 bits per heavy atom. The molecule has 0 aromatic heterocycles. The molecule has 4 fully saturated rings. The van der Waals surface area contributed by atoms with Gasteiger partial charge in [0.2, 0.25) is 5.91 Å². The Morgan fingerprint density at radius 3 is 2.50 bits per heavy atom. The average Bonchev–Trinajstić information content (AvgIpc) is 3.11. The van der Waals surface area contributed by atoms with Gasteiger partial charge >= 0.3 is 0 Å². The molecule has 0 aromatic rings. The highest BCUT2D eigenvalue weighted by molar-refractivity contribution is 5.80. The van der Waals surface area contributed by atoms with Crippen molar-refractivity contribution in [1.29, 1.82) is 0 Å². The van der Waals surface area contributed by atoms with Crippen LogP contribution in [0.25, 0.3) is 0 Å². The van der Waals surface area contributed by atoms with E-state index >= 15 is 0 Å². The van der Waals surface area contributed by atoms with Crippen LogP contribution in [0.15, 0.2) is 0 Å². The van der Waals surface area contributed by atoms with E-state index in [1.807, 2.05) is 0 Å². The Morgan fingerprint density at radius 1 is 1.15 bits per heavy atom. The van der Waals surface area contributed by atoms with Crippen molar-refractivity contribution in [3.8, 4) is 0 Å². The third kappa shape index (κ3) is 2.17. The summed E-state index contributed by atoms with van der Waals surface area (Å²) in [5.74, 6) is 1.27. The van der Waals surface area contributed by atoms with Crippen LogP contribution in [0.2, 0.25) is 0 Å². The van der Waals surface area contributed by atoms with Crippen LogP contribution in [0, 0.1) is 11.8 Å². The molecule has 1 amide bonds. The van der Waals surface area contributed by atoms with Crippen LogP contribution < -0.4 is 10.6 Å². The lowest BCUT2D eigenvalue weighted by Gasteiger charge is -2.36. The quantitative estimate of drug-likeness (QED) is 0.812. The molecule has 0 radical (unpaired) electrons. The van der Waals surface area contributed by atoms with E-state index in [1.165, 1.54) is 38.5 Å². The predicted octanol–water partition coefficient (Wildman–Crippen LogP) is 1.12. The number of hydrogen-bond acceptors (Lipinski definition) is 3. The third-order valence-corrected chi connectivity index (χ3v) is 6.40. The van der Waals surface area contributed by atoms with Gasteiger partial charge in [-0.15, -0.1) is 0 Å². The molecule has 4 rings (SSSR count). The summed E-state index contributed by atoms with van der Waals surface area (Å²) < 4.78 is 0. The maximum Gasteiger partial charge on any atom is 0.224 e. The lowest BCUT2D eigenvalue weighted by Crippen LogP contribution is -2.45. The molecular weight excluding hydrogens is 250 g/mol. The molecule has 4 heteroatoms. The second kappa shape index (κ2) is 4.99. The second-order valence-corrected chi connectivity index (χ2v) is 7.52. The summed E-state index contributed by atoms with van der Waals surface area (Å²) in [4.78, 5) is 14.9. The summed E-state index contributed by atoms with van der Waals surface area (Å²) in [6.45, 7) is 0.910. The Balaban J connectivity index is 1.28. The Kier molecular flexibility index (Phi) is 3.26. The number of hydrogen-bond donors (Lipinski definition) is 2. The van der Waals surface area contributed by atoms with Gasteiger partial charge < -0.3 is 15.5 Å². The van der Waals surface area contributed by atoms with Gasteiger partial charge in [0.25, 0.3) is 0 Å². The highest BCUT2D eigenvalue weighted by Crippen LogP contribution is 2.37. The van der Waals surface area contributed by atoms with Gasteiger partial charge in [-0.1, -0.05) is 0 Å².